The second-order valence-corrected chi connectivity index (χ2v) is 3.32. The number of nitrogens with one attached hydrogen (secondary N) is 1. The first kappa shape index (κ1) is 8.66. The Morgan fingerprint density at radius 3 is 3.07 bits per heavy atom. The van der Waals surface area contributed by atoms with Gasteiger partial charge in [0.05, 0.1) is 17.4 Å². The van der Waals surface area contributed by atoms with E-state index in [4.69, 9.17) is 5.26 Å². The first-order valence-corrected chi connectivity index (χ1v) is 4.85. The molecule has 68 valence electrons. The van der Waals surface area contributed by atoms with E-state index in [1.165, 1.54) is 6.20 Å². The van der Waals surface area contributed by atoms with Gasteiger partial charge in [-0.1, -0.05) is 0 Å². The van der Waals surface area contributed by atoms with Crippen LogP contribution in [0.3, 0.4) is 0 Å². The summed E-state index contributed by atoms with van der Waals surface area (Å²) in [5.41, 5.74) is 1.42. The van der Waals surface area contributed by atoms with E-state index < -0.39 is 0 Å². The first-order chi connectivity index (χ1) is 6.90. The lowest BCUT2D eigenvalue weighted by atomic mass is 10.3. The van der Waals surface area contributed by atoms with E-state index in [9.17, 15) is 0 Å². The Balaban J connectivity index is 2.30. The Morgan fingerprint density at radius 2 is 2.36 bits per heavy atom. The Bertz CT molecular complexity index is 458. The molecule has 0 aliphatic carbocycles. The predicted octanol–water partition coefficient (Wildman–Crippen LogP) is 2.15. The molecule has 0 bridgehead atoms. The van der Waals surface area contributed by atoms with Crippen molar-refractivity contribution in [3.05, 3.63) is 34.7 Å². The van der Waals surface area contributed by atoms with E-state index >= 15 is 0 Å². The highest BCUT2D eigenvalue weighted by Crippen LogP contribution is 2.18. The molecule has 0 saturated heterocycles. The van der Waals surface area contributed by atoms with Gasteiger partial charge in [0.25, 0.3) is 0 Å². The Kier molecular flexibility index (Phi) is 2.38. The Hall–Kier alpha value is -1.93. The van der Waals surface area contributed by atoms with Crippen LogP contribution in [0, 0.1) is 11.3 Å². The lowest BCUT2D eigenvalue weighted by Gasteiger charge is -2.02. The van der Waals surface area contributed by atoms with Gasteiger partial charge in [-0.25, -0.2) is 0 Å². The zero-order valence-electron chi connectivity index (χ0n) is 7.14. The third-order valence-electron chi connectivity index (χ3n) is 1.63. The van der Waals surface area contributed by atoms with Crippen molar-refractivity contribution in [2.24, 2.45) is 0 Å². The number of hydrogen-bond donors (Lipinski definition) is 1. The van der Waals surface area contributed by atoms with Crippen molar-refractivity contribution >= 4 is 22.8 Å². The third-order valence-corrected chi connectivity index (χ3v) is 2.31. The SMILES string of the molecule is N#Cc1ccnnc1Nc1ccsc1. The van der Waals surface area contributed by atoms with Gasteiger partial charge in [-0.05, 0) is 17.5 Å². The molecular weight excluding hydrogens is 196 g/mol. The predicted molar refractivity (Wildman–Crippen MR) is 54.3 cm³/mol. The van der Waals surface area contributed by atoms with Gasteiger partial charge < -0.3 is 5.32 Å². The monoisotopic (exact) mass is 202 g/mol. The van der Waals surface area contributed by atoms with Crippen molar-refractivity contribution in [3.63, 3.8) is 0 Å². The fourth-order valence-electron chi connectivity index (χ4n) is 0.987. The van der Waals surface area contributed by atoms with Crippen LogP contribution in [-0.2, 0) is 0 Å². The van der Waals surface area contributed by atoms with Crippen LogP contribution in [0.1, 0.15) is 5.56 Å². The van der Waals surface area contributed by atoms with Gasteiger partial charge in [-0.2, -0.15) is 21.7 Å². The van der Waals surface area contributed by atoms with Gasteiger partial charge in [-0.15, -0.1) is 5.10 Å². The lowest BCUT2D eigenvalue weighted by Crippen LogP contribution is -1.96. The number of nitriles is 1. The van der Waals surface area contributed by atoms with E-state index in [0.29, 0.717) is 11.4 Å². The number of anilines is 2. The molecular formula is C9H6N4S. The molecule has 2 heterocycles. The summed E-state index contributed by atoms with van der Waals surface area (Å²) in [7, 11) is 0. The largest absolute Gasteiger partial charge is 0.337 e. The van der Waals surface area contributed by atoms with Crippen molar-refractivity contribution in [1.82, 2.24) is 10.2 Å². The molecule has 0 radical (unpaired) electrons. The van der Waals surface area contributed by atoms with Crippen molar-refractivity contribution in [2.75, 3.05) is 5.32 Å². The molecule has 2 aromatic heterocycles. The summed E-state index contributed by atoms with van der Waals surface area (Å²) in [6.07, 6.45) is 1.50. The third kappa shape index (κ3) is 1.70. The maximum atomic E-state index is 8.79. The summed E-state index contributed by atoms with van der Waals surface area (Å²) in [4.78, 5) is 0. The molecule has 5 heteroatoms. The van der Waals surface area contributed by atoms with Gasteiger partial charge in [0, 0.05) is 5.38 Å². The summed E-state index contributed by atoms with van der Waals surface area (Å²) in [6, 6.07) is 5.59. The summed E-state index contributed by atoms with van der Waals surface area (Å²) in [6.45, 7) is 0. The molecule has 0 aliphatic heterocycles. The van der Waals surface area contributed by atoms with Gasteiger partial charge >= 0.3 is 0 Å². The summed E-state index contributed by atoms with van der Waals surface area (Å²) in [5.74, 6) is 0.494. The zero-order valence-corrected chi connectivity index (χ0v) is 7.95. The van der Waals surface area contributed by atoms with Gasteiger partial charge in [0.2, 0.25) is 0 Å². The average Bonchev–Trinajstić information content (AvgIpc) is 2.71. The smallest absolute Gasteiger partial charge is 0.171 e. The highest BCUT2D eigenvalue weighted by molar-refractivity contribution is 7.08. The average molecular weight is 202 g/mol. The van der Waals surface area contributed by atoms with Crippen LogP contribution >= 0.6 is 11.3 Å². The fraction of sp³-hybridized carbons (Fsp3) is 0. The molecule has 0 unspecified atom stereocenters. The van der Waals surface area contributed by atoms with Crippen LogP contribution in [0.2, 0.25) is 0 Å². The standard InChI is InChI=1S/C9H6N4S/c10-5-7-1-3-11-13-9(7)12-8-2-4-14-6-8/h1-4,6H,(H,12,13). The highest BCUT2D eigenvalue weighted by atomic mass is 32.1. The van der Waals surface area contributed by atoms with Crippen molar-refractivity contribution < 1.29 is 0 Å². The number of thiophene rings is 1. The zero-order chi connectivity index (χ0) is 9.80. The molecule has 2 rings (SSSR count). The van der Waals surface area contributed by atoms with Crippen LogP contribution in [0.4, 0.5) is 11.5 Å². The minimum atomic E-state index is 0.492. The topological polar surface area (TPSA) is 61.6 Å². The number of hydrogen-bond acceptors (Lipinski definition) is 5. The highest BCUT2D eigenvalue weighted by Gasteiger charge is 2.03. The minimum absolute atomic E-state index is 0.492. The molecule has 0 aliphatic rings. The second-order valence-electron chi connectivity index (χ2n) is 2.54. The summed E-state index contributed by atoms with van der Waals surface area (Å²) < 4.78 is 0. The maximum absolute atomic E-state index is 8.79. The van der Waals surface area contributed by atoms with Crippen LogP contribution in [0.25, 0.3) is 0 Å². The molecule has 0 aromatic carbocycles. The number of aromatic nitrogens is 2. The van der Waals surface area contributed by atoms with Crippen molar-refractivity contribution in [1.29, 1.82) is 5.26 Å². The Labute approximate surface area is 84.8 Å². The second kappa shape index (κ2) is 3.85. The molecule has 4 nitrogen and oxygen atoms in total. The van der Waals surface area contributed by atoms with Gasteiger partial charge in [0.1, 0.15) is 6.07 Å². The molecule has 0 amide bonds. The first-order valence-electron chi connectivity index (χ1n) is 3.91. The van der Waals surface area contributed by atoms with Crippen molar-refractivity contribution in [2.45, 2.75) is 0 Å². The van der Waals surface area contributed by atoms with Crippen LogP contribution < -0.4 is 5.32 Å². The molecule has 0 spiro atoms. The van der Waals surface area contributed by atoms with Gasteiger partial charge in [-0.3, -0.25) is 0 Å². The molecule has 1 N–H and O–H groups in total. The molecule has 2 aromatic rings. The van der Waals surface area contributed by atoms with E-state index in [1.807, 2.05) is 22.9 Å². The quantitative estimate of drug-likeness (QED) is 0.810. The van der Waals surface area contributed by atoms with E-state index in [1.54, 1.807) is 17.4 Å². The van der Waals surface area contributed by atoms with Crippen LogP contribution in [-0.4, -0.2) is 10.2 Å². The Morgan fingerprint density at radius 1 is 1.43 bits per heavy atom. The number of nitrogens with zero attached hydrogens (tertiary/aromatic N) is 3. The van der Waals surface area contributed by atoms with E-state index in [2.05, 4.69) is 15.5 Å². The van der Waals surface area contributed by atoms with E-state index in [0.717, 1.165) is 5.69 Å². The molecule has 0 saturated carbocycles. The number of rotatable bonds is 2. The fourth-order valence-corrected chi connectivity index (χ4v) is 1.57. The normalized spacial score (nSPS) is 9.36. The van der Waals surface area contributed by atoms with Crippen LogP contribution in [0.5, 0.6) is 0 Å². The minimum Gasteiger partial charge on any atom is -0.337 e. The summed E-state index contributed by atoms with van der Waals surface area (Å²) >= 11 is 1.58. The maximum Gasteiger partial charge on any atom is 0.171 e. The molecule has 0 fully saturated rings. The van der Waals surface area contributed by atoms with Crippen LogP contribution in [0.15, 0.2) is 29.1 Å². The lowest BCUT2D eigenvalue weighted by molar-refractivity contribution is 1.03. The van der Waals surface area contributed by atoms with E-state index in [-0.39, 0.29) is 0 Å². The molecule has 0 atom stereocenters. The van der Waals surface area contributed by atoms with Gasteiger partial charge in [0.15, 0.2) is 5.82 Å². The molecule has 14 heavy (non-hydrogen) atoms. The van der Waals surface area contributed by atoms with Crippen molar-refractivity contribution in [3.8, 4) is 6.07 Å². The summed E-state index contributed by atoms with van der Waals surface area (Å²) in [5, 5.41) is 23.3.